The average Bonchev–Trinajstić information content (AvgIpc) is 3.26. The van der Waals surface area contributed by atoms with Crippen molar-refractivity contribution >= 4 is 39.1 Å². The summed E-state index contributed by atoms with van der Waals surface area (Å²) in [4.78, 5) is 26.8. The van der Waals surface area contributed by atoms with Gasteiger partial charge < -0.3 is 14.4 Å². The van der Waals surface area contributed by atoms with Crippen LogP contribution in [-0.4, -0.2) is 22.2 Å². The lowest BCUT2D eigenvalue weighted by Crippen LogP contribution is -2.21. The number of aromatic nitrogens is 1. The van der Waals surface area contributed by atoms with Crippen molar-refractivity contribution in [3.63, 3.8) is 0 Å². The average molecular weight is 456 g/mol. The summed E-state index contributed by atoms with van der Waals surface area (Å²) >= 11 is 0. The Morgan fingerprint density at radius 3 is 2.32 bits per heavy atom. The van der Waals surface area contributed by atoms with Gasteiger partial charge >= 0.3 is 5.97 Å². The van der Waals surface area contributed by atoms with Crippen LogP contribution >= 0.6 is 0 Å². The van der Waals surface area contributed by atoms with Gasteiger partial charge in [-0.3, -0.25) is 9.36 Å². The Morgan fingerprint density at radius 1 is 1.03 bits per heavy atom. The van der Waals surface area contributed by atoms with Gasteiger partial charge in [0.25, 0.3) is 0 Å². The molecule has 2 aromatic heterocycles. The molecule has 0 aliphatic carbocycles. The molecule has 0 amide bonds. The number of fused-ring (bicyclic) bond motifs is 2. The molecule has 5 rings (SSSR count). The van der Waals surface area contributed by atoms with Gasteiger partial charge in [0.2, 0.25) is 5.88 Å². The minimum absolute atomic E-state index is 0.0631. The first-order valence-electron chi connectivity index (χ1n) is 10.8. The number of anilines is 2. The van der Waals surface area contributed by atoms with Crippen LogP contribution in [0.3, 0.4) is 0 Å². The van der Waals surface area contributed by atoms with E-state index in [1.807, 2.05) is 43.6 Å². The van der Waals surface area contributed by atoms with E-state index in [1.165, 1.54) is 12.1 Å². The highest BCUT2D eigenvalue weighted by Crippen LogP contribution is 2.36. The maximum Gasteiger partial charge on any atom is 0.337 e. The Bertz CT molecular complexity index is 1600. The molecule has 0 fully saturated rings. The lowest BCUT2D eigenvalue weighted by molar-refractivity contribution is 0.0697. The van der Waals surface area contributed by atoms with Crippen LogP contribution in [0, 0.1) is 12.7 Å². The summed E-state index contributed by atoms with van der Waals surface area (Å²) in [6.45, 7) is 3.79. The van der Waals surface area contributed by atoms with Gasteiger partial charge in [0, 0.05) is 25.0 Å². The zero-order valence-corrected chi connectivity index (χ0v) is 18.6. The first-order valence-corrected chi connectivity index (χ1v) is 10.8. The third kappa shape index (κ3) is 3.42. The first-order chi connectivity index (χ1) is 16.4. The quantitative estimate of drug-likeness (QED) is 0.349. The van der Waals surface area contributed by atoms with E-state index in [1.54, 1.807) is 34.6 Å². The lowest BCUT2D eigenvalue weighted by Gasteiger charge is -2.26. The second kappa shape index (κ2) is 8.19. The molecule has 6 nitrogen and oxygen atoms in total. The van der Waals surface area contributed by atoms with Crippen LogP contribution in [0.4, 0.5) is 15.8 Å². The molecule has 0 atom stereocenters. The van der Waals surface area contributed by atoms with E-state index in [0.717, 1.165) is 16.8 Å². The number of hydrogen-bond donors (Lipinski definition) is 1. The number of hydrogen-bond acceptors (Lipinski definition) is 4. The number of aromatic carboxylic acids is 1. The summed E-state index contributed by atoms with van der Waals surface area (Å²) in [6.07, 6.45) is 3.74. The summed E-state index contributed by atoms with van der Waals surface area (Å²) in [6, 6.07) is 16.7. The molecular formula is C27H21FN2O4. The van der Waals surface area contributed by atoms with Crippen LogP contribution in [0.1, 0.15) is 22.8 Å². The smallest absolute Gasteiger partial charge is 0.337 e. The van der Waals surface area contributed by atoms with Gasteiger partial charge in [-0.05, 0) is 42.8 Å². The third-order valence-electron chi connectivity index (χ3n) is 5.96. The Labute approximate surface area is 194 Å². The molecule has 0 aliphatic heterocycles. The van der Waals surface area contributed by atoms with Crippen molar-refractivity contribution in [3.05, 3.63) is 100 Å². The van der Waals surface area contributed by atoms with Crippen molar-refractivity contribution in [1.29, 1.82) is 0 Å². The Kier molecular flexibility index (Phi) is 5.17. The van der Waals surface area contributed by atoms with E-state index < -0.39 is 11.8 Å². The monoisotopic (exact) mass is 456 g/mol. The molecule has 0 bridgehead atoms. The first kappa shape index (κ1) is 21.5. The highest BCUT2D eigenvalue weighted by atomic mass is 19.1. The summed E-state index contributed by atoms with van der Waals surface area (Å²) in [5, 5.41) is 11.7. The summed E-state index contributed by atoms with van der Waals surface area (Å²) in [7, 11) is 0. The van der Waals surface area contributed by atoms with Crippen molar-refractivity contribution in [2.24, 2.45) is 0 Å². The van der Waals surface area contributed by atoms with Crippen molar-refractivity contribution in [1.82, 2.24) is 4.57 Å². The van der Waals surface area contributed by atoms with Crippen LogP contribution in [0.5, 0.6) is 0 Å². The van der Waals surface area contributed by atoms with Gasteiger partial charge in [-0.15, -0.1) is 0 Å². The summed E-state index contributed by atoms with van der Waals surface area (Å²) in [5.41, 5.74) is 0.901. The molecule has 5 aromatic rings. The number of benzene rings is 3. The van der Waals surface area contributed by atoms with Gasteiger partial charge in [-0.1, -0.05) is 36.4 Å². The van der Waals surface area contributed by atoms with Crippen LogP contribution < -0.4 is 10.3 Å². The van der Waals surface area contributed by atoms with Gasteiger partial charge in [-0.25, -0.2) is 9.18 Å². The topological polar surface area (TPSA) is 75.7 Å². The number of carbonyl (C=O) groups is 1. The molecule has 0 saturated carbocycles. The van der Waals surface area contributed by atoms with Crippen molar-refractivity contribution in [2.45, 2.75) is 13.8 Å². The SMILES string of the molecule is CCN(c1ccccc1C(=O)O)c1cc(F)cc2c(=O)c(C)c(-n3cc4ccccc4c3)oc12. The highest BCUT2D eigenvalue weighted by molar-refractivity contribution is 5.99. The van der Waals surface area contributed by atoms with E-state index in [4.69, 9.17) is 4.42 Å². The standard InChI is InChI=1S/C27H21FN2O4/c1-3-30(22-11-7-6-10-20(22)27(32)33)23-13-19(28)12-21-24(31)16(2)26(34-25(21)23)29-14-17-8-4-5-9-18(17)15-29/h4-15H,3H2,1-2H3,(H,32,33). The number of rotatable bonds is 5. The molecular weight excluding hydrogens is 435 g/mol. The van der Waals surface area contributed by atoms with Crippen molar-refractivity contribution in [2.75, 3.05) is 11.4 Å². The molecule has 0 radical (unpaired) electrons. The maximum atomic E-state index is 14.7. The number of halogens is 1. The second-order valence-corrected chi connectivity index (χ2v) is 8.02. The Morgan fingerprint density at radius 2 is 1.68 bits per heavy atom. The molecule has 3 aromatic carbocycles. The van der Waals surface area contributed by atoms with E-state index in [-0.39, 0.29) is 27.6 Å². The molecule has 2 heterocycles. The number of nitrogens with zero attached hydrogens (tertiary/aromatic N) is 2. The van der Waals surface area contributed by atoms with Gasteiger partial charge in [0.15, 0.2) is 11.0 Å². The van der Waals surface area contributed by atoms with Crippen molar-refractivity contribution < 1.29 is 18.7 Å². The zero-order chi connectivity index (χ0) is 24.0. The van der Waals surface area contributed by atoms with E-state index >= 15 is 0 Å². The third-order valence-corrected chi connectivity index (χ3v) is 5.96. The number of carboxylic acid groups (broad SMARTS) is 1. The normalized spacial score (nSPS) is 11.3. The Hall–Kier alpha value is -4.39. The van der Waals surface area contributed by atoms with E-state index in [9.17, 15) is 19.1 Å². The van der Waals surface area contributed by atoms with Gasteiger partial charge in [0.05, 0.1) is 27.9 Å². The summed E-state index contributed by atoms with van der Waals surface area (Å²) in [5.74, 6) is -1.39. The molecule has 170 valence electrons. The largest absolute Gasteiger partial charge is 0.478 e. The fourth-order valence-electron chi connectivity index (χ4n) is 4.33. The van der Waals surface area contributed by atoms with E-state index in [0.29, 0.717) is 23.7 Å². The van der Waals surface area contributed by atoms with Gasteiger partial charge in [0.1, 0.15) is 5.82 Å². The van der Waals surface area contributed by atoms with Gasteiger partial charge in [-0.2, -0.15) is 0 Å². The fraction of sp³-hybridized carbons (Fsp3) is 0.111. The number of para-hydroxylation sites is 1. The minimum Gasteiger partial charge on any atom is -0.478 e. The molecule has 1 N–H and O–H groups in total. The molecule has 0 aliphatic rings. The predicted molar refractivity (Wildman–Crippen MR) is 130 cm³/mol. The summed E-state index contributed by atoms with van der Waals surface area (Å²) < 4.78 is 22.7. The van der Waals surface area contributed by atoms with Crippen LogP contribution in [0.25, 0.3) is 27.6 Å². The molecule has 34 heavy (non-hydrogen) atoms. The molecule has 0 unspecified atom stereocenters. The predicted octanol–water partition coefficient (Wildman–Crippen LogP) is 6.04. The fourth-order valence-corrected chi connectivity index (χ4v) is 4.33. The lowest BCUT2D eigenvalue weighted by atomic mass is 10.1. The molecule has 7 heteroatoms. The second-order valence-electron chi connectivity index (χ2n) is 8.02. The Balaban J connectivity index is 1.81. The minimum atomic E-state index is -1.10. The van der Waals surface area contributed by atoms with E-state index in [2.05, 4.69) is 0 Å². The molecule has 0 saturated heterocycles. The maximum absolute atomic E-state index is 14.7. The highest BCUT2D eigenvalue weighted by Gasteiger charge is 2.23. The van der Waals surface area contributed by atoms with Crippen LogP contribution in [-0.2, 0) is 0 Å². The molecule has 0 spiro atoms. The number of carboxylic acids is 1. The van der Waals surface area contributed by atoms with Crippen LogP contribution in [0.2, 0.25) is 0 Å². The van der Waals surface area contributed by atoms with Crippen LogP contribution in [0.15, 0.2) is 82.3 Å². The van der Waals surface area contributed by atoms with Crippen molar-refractivity contribution in [3.8, 4) is 5.88 Å². The zero-order valence-electron chi connectivity index (χ0n) is 18.6.